The largest absolute Gasteiger partial charge is 0.391 e. The van der Waals surface area contributed by atoms with Crippen molar-refractivity contribution in [3.63, 3.8) is 0 Å². The van der Waals surface area contributed by atoms with Gasteiger partial charge in [0.25, 0.3) is 0 Å². The maximum Gasteiger partial charge on any atom is 0.245 e. The molecule has 14 atom stereocenters. The zero-order valence-electron chi connectivity index (χ0n) is 46.7. The fourth-order valence-corrected chi connectivity index (χ4v) is 7.79. The van der Waals surface area contributed by atoms with Gasteiger partial charge in [-0.25, -0.2) is 0 Å². The summed E-state index contributed by atoms with van der Waals surface area (Å²) in [5.41, 5.74) is 26.5. The van der Waals surface area contributed by atoms with Crippen molar-refractivity contribution in [1.82, 2.24) is 58.5 Å². The van der Waals surface area contributed by atoms with Gasteiger partial charge in [0, 0.05) is 18.8 Å². The number of hydrogen-bond donors (Lipinski definition) is 21. The topological polar surface area (TPSA) is 610 Å². The number of nitrogens with one attached hydrogen (secondary N) is 11. The number of likely N-dealkylation sites (N-methyl/N-ethyl adjacent to an activating group) is 1. The Morgan fingerprint density at radius 3 is 1.27 bits per heavy atom. The van der Waals surface area contributed by atoms with Crippen molar-refractivity contribution >= 4 is 101 Å². The lowest BCUT2D eigenvalue weighted by Crippen LogP contribution is -2.64. The molecule has 0 radical (unpaired) electrons. The van der Waals surface area contributed by atoms with Gasteiger partial charge in [0.15, 0.2) is 11.9 Å². The summed E-state index contributed by atoms with van der Waals surface area (Å²) in [6, 6.07) is -15.2. The van der Waals surface area contributed by atoms with Crippen molar-refractivity contribution in [3.05, 3.63) is 0 Å². The van der Waals surface area contributed by atoms with Crippen LogP contribution in [0, 0.1) is 0 Å². The van der Waals surface area contributed by atoms with Gasteiger partial charge < -0.3 is 122 Å². The SMILES string of the molecule is CN[C@@H](CC(=O)N[C@@H](CSCC(N)=O)C(=O)N[C@H](C(=O)N[C@H](C(=O)N[C@H](C(=O)N[C@H](C=O)CCCN=C(N)N)[C@@H](C)O)[C@@H](C)O)[C@@H](C)O)C(=O)N[C@H](C(=O)N[C@H](C(=O)N[C@@H](CCCN=C(N)N)C(=O)NCC(=O)NCC=O)[C@@H](C)O)[C@@H](C)O. The number of aliphatic imine (C=N–C) groups is 2. The second kappa shape index (κ2) is 39.6. The standard InChI is InChI=1S/C46H82N18O18S/c1-20(67)32(40(78)57-25(17-66)9-7-11-54-45(48)49)62-44(82)36(24(5)71)64-43(81)35(23(4)70)61-39(77)28(18-83-19-29(47)72)58-30(73)15-27(52-6)38(76)60-34(22(3)69)42(80)63-33(21(2)68)41(79)59-26(10-8-12-55-46(50)51)37(75)56-16-31(74)53-13-14-65/h14,17,20-28,32-36,52,67-71H,7-13,15-16,18-19H2,1-6H3,(H2,47,72)(H,53,74)(H,56,75)(H,57,78)(H,58,73)(H,59,79)(H,60,76)(H,61,77)(H,62,82)(H,63,80)(H,64,81)(H4,48,49,54)(H4,50,51,55)/t20-,21-,22-,23-,24-,25+,26+,27+,28+,32+,33+,34+,35+,36+/m1/s1. The van der Waals surface area contributed by atoms with E-state index in [1.165, 1.54) is 7.05 Å². The molecule has 0 aromatic rings. The minimum atomic E-state index is -1.96. The van der Waals surface area contributed by atoms with Crippen LogP contribution in [0.1, 0.15) is 66.7 Å². The summed E-state index contributed by atoms with van der Waals surface area (Å²) in [5.74, 6) is -13.1. The normalized spacial score (nSPS) is 16.0. The molecule has 0 fully saturated rings. The zero-order chi connectivity index (χ0) is 63.7. The Balaban J connectivity index is 6.36. The predicted molar refractivity (Wildman–Crippen MR) is 296 cm³/mol. The third kappa shape index (κ3) is 30.2. The molecule has 0 aliphatic rings. The summed E-state index contributed by atoms with van der Waals surface area (Å²) in [7, 11) is 1.22. The fourth-order valence-electron chi connectivity index (χ4n) is 7.00. The number of hydrogen-bond acceptors (Lipinski definition) is 22. The molecular formula is C46H82N18O18S. The van der Waals surface area contributed by atoms with E-state index in [1.807, 2.05) is 0 Å². The van der Waals surface area contributed by atoms with E-state index in [4.69, 9.17) is 28.7 Å². The first-order valence-corrected chi connectivity index (χ1v) is 26.9. The van der Waals surface area contributed by atoms with Crippen LogP contribution >= 0.6 is 11.8 Å². The Bertz CT molecular complexity index is 2270. The van der Waals surface area contributed by atoms with Crippen LogP contribution in [0.2, 0.25) is 0 Å². The molecular weight excluding hydrogens is 1120 g/mol. The van der Waals surface area contributed by atoms with Crippen molar-refractivity contribution < 1.29 is 87.9 Å². The Hall–Kier alpha value is -7.84. The van der Waals surface area contributed by atoms with Crippen LogP contribution in [-0.2, 0) is 62.3 Å². The van der Waals surface area contributed by atoms with Crippen molar-refractivity contribution in [3.8, 4) is 0 Å². The average Bonchev–Trinajstić information content (AvgIpc) is 3.48. The van der Waals surface area contributed by atoms with E-state index in [2.05, 4.69) is 68.5 Å². The van der Waals surface area contributed by atoms with Gasteiger partial charge in [0.05, 0.1) is 67.9 Å². The summed E-state index contributed by atoms with van der Waals surface area (Å²) >= 11 is 0.736. The summed E-state index contributed by atoms with van der Waals surface area (Å²) in [6.45, 7) is 4.55. The van der Waals surface area contributed by atoms with Gasteiger partial charge in [-0.1, -0.05) is 0 Å². The Kier molecular flexibility index (Phi) is 35.8. The number of nitrogens with zero attached hydrogens (tertiary/aromatic N) is 2. The number of guanidine groups is 2. The molecule has 0 aliphatic carbocycles. The summed E-state index contributed by atoms with van der Waals surface area (Å²) in [5, 5.41) is 77.8. The highest BCUT2D eigenvalue weighted by Gasteiger charge is 2.38. The van der Waals surface area contributed by atoms with Gasteiger partial charge >= 0.3 is 0 Å². The fraction of sp³-hybridized carbons (Fsp3) is 0.674. The number of aliphatic hydroxyl groups excluding tert-OH is 5. The third-order valence-corrected chi connectivity index (χ3v) is 12.4. The summed E-state index contributed by atoms with van der Waals surface area (Å²) in [6.07, 6.45) is -8.30. The average molecular weight is 1210 g/mol. The van der Waals surface area contributed by atoms with Crippen LogP contribution in [0.5, 0.6) is 0 Å². The van der Waals surface area contributed by atoms with E-state index in [-0.39, 0.29) is 57.2 Å². The van der Waals surface area contributed by atoms with E-state index in [0.717, 1.165) is 46.4 Å². The zero-order valence-corrected chi connectivity index (χ0v) is 47.6. The lowest BCUT2D eigenvalue weighted by molar-refractivity contribution is -0.138. The van der Waals surface area contributed by atoms with Crippen LogP contribution in [-0.4, -0.2) is 245 Å². The molecule has 0 rings (SSSR count). The van der Waals surface area contributed by atoms with Crippen molar-refractivity contribution in [2.75, 3.05) is 44.7 Å². The number of primary amides is 1. The van der Waals surface area contributed by atoms with Crippen LogP contribution in [0.25, 0.3) is 0 Å². The Labute approximate surface area is 481 Å². The van der Waals surface area contributed by atoms with E-state index < -0.39 is 174 Å². The maximum absolute atomic E-state index is 13.8. The van der Waals surface area contributed by atoms with E-state index in [9.17, 15) is 87.9 Å². The molecule has 470 valence electrons. The number of thioether (sulfide) groups is 1. The molecule has 0 unspecified atom stereocenters. The monoisotopic (exact) mass is 1210 g/mol. The molecule has 0 heterocycles. The predicted octanol–water partition coefficient (Wildman–Crippen LogP) is -12.3. The van der Waals surface area contributed by atoms with Gasteiger partial charge in [-0.2, -0.15) is 0 Å². The minimum Gasteiger partial charge on any atom is -0.391 e. The molecule has 0 spiro atoms. The van der Waals surface area contributed by atoms with Crippen LogP contribution in [0.3, 0.4) is 0 Å². The first-order valence-electron chi connectivity index (χ1n) is 25.7. The molecule has 0 aromatic heterocycles. The lowest BCUT2D eigenvalue weighted by atomic mass is 10.1. The van der Waals surface area contributed by atoms with Gasteiger partial charge in [0.1, 0.15) is 54.9 Å². The summed E-state index contributed by atoms with van der Waals surface area (Å²) in [4.78, 5) is 175. The number of aldehydes is 2. The molecule has 0 saturated carbocycles. The second-order valence-electron chi connectivity index (χ2n) is 18.7. The minimum absolute atomic E-state index is 0.00270. The third-order valence-electron chi connectivity index (χ3n) is 11.4. The maximum atomic E-state index is 13.8. The van der Waals surface area contributed by atoms with Crippen molar-refractivity contribution in [2.24, 2.45) is 38.7 Å². The van der Waals surface area contributed by atoms with E-state index >= 15 is 0 Å². The highest BCUT2D eigenvalue weighted by atomic mass is 32.2. The highest BCUT2D eigenvalue weighted by Crippen LogP contribution is 2.09. The Morgan fingerprint density at radius 1 is 0.482 bits per heavy atom. The second-order valence-corrected chi connectivity index (χ2v) is 19.7. The van der Waals surface area contributed by atoms with E-state index in [0.29, 0.717) is 12.6 Å². The molecule has 26 N–H and O–H groups in total. The molecule has 0 saturated heterocycles. The number of carbonyl (C=O) groups is 13. The van der Waals surface area contributed by atoms with Gasteiger partial charge in [0.2, 0.25) is 65.0 Å². The van der Waals surface area contributed by atoms with Crippen molar-refractivity contribution in [1.29, 1.82) is 0 Å². The number of carbonyl (C=O) groups excluding carboxylic acids is 13. The molecule has 0 bridgehead atoms. The summed E-state index contributed by atoms with van der Waals surface area (Å²) < 4.78 is 0. The number of aliphatic hydroxyl groups is 5. The van der Waals surface area contributed by atoms with Crippen LogP contribution < -0.4 is 87.2 Å². The van der Waals surface area contributed by atoms with E-state index in [1.54, 1.807) is 0 Å². The van der Waals surface area contributed by atoms with Crippen LogP contribution in [0.15, 0.2) is 9.98 Å². The van der Waals surface area contributed by atoms with Gasteiger partial charge in [-0.3, -0.25) is 62.7 Å². The smallest absolute Gasteiger partial charge is 0.245 e. The number of nitrogens with two attached hydrogens (primary N) is 5. The molecule has 11 amide bonds. The lowest BCUT2D eigenvalue weighted by Gasteiger charge is -2.29. The number of amides is 11. The highest BCUT2D eigenvalue weighted by molar-refractivity contribution is 8.00. The van der Waals surface area contributed by atoms with Crippen molar-refractivity contribution in [2.45, 2.75) is 152 Å². The quantitative estimate of drug-likeness (QED) is 0.0117. The number of rotatable bonds is 41. The first-order chi connectivity index (χ1) is 38.8. The van der Waals surface area contributed by atoms with Gasteiger partial charge in [-0.15, -0.1) is 11.8 Å². The Morgan fingerprint density at radius 2 is 0.880 bits per heavy atom. The first kappa shape index (κ1) is 75.2. The molecule has 83 heavy (non-hydrogen) atoms. The van der Waals surface area contributed by atoms with Crippen LogP contribution in [0.4, 0.5) is 0 Å². The molecule has 0 aliphatic heterocycles. The molecule has 36 nitrogen and oxygen atoms in total. The van der Waals surface area contributed by atoms with Gasteiger partial charge in [-0.05, 0) is 67.3 Å². The molecule has 0 aromatic carbocycles. The molecule has 37 heteroatoms.